The molecule has 0 aliphatic carbocycles. The Bertz CT molecular complexity index is 373. The monoisotopic (exact) mass is 255 g/mol. The summed E-state index contributed by atoms with van der Waals surface area (Å²) >= 11 is 3.40. The van der Waals surface area contributed by atoms with Crippen LogP contribution in [0.1, 0.15) is 26.5 Å². The van der Waals surface area contributed by atoms with Crippen molar-refractivity contribution in [1.29, 1.82) is 0 Å². The summed E-state index contributed by atoms with van der Waals surface area (Å²) in [5, 5.41) is 0. The van der Waals surface area contributed by atoms with E-state index < -0.39 is 0 Å². The van der Waals surface area contributed by atoms with E-state index in [1.165, 1.54) is 0 Å². The fraction of sp³-hybridized carbons (Fsp3) is 0.600. The van der Waals surface area contributed by atoms with Crippen molar-refractivity contribution in [3.8, 4) is 0 Å². The van der Waals surface area contributed by atoms with Crippen LogP contribution in [0.2, 0.25) is 0 Å². The highest BCUT2D eigenvalue weighted by molar-refractivity contribution is 9.10. The van der Waals surface area contributed by atoms with Crippen LogP contribution < -0.4 is 0 Å². The zero-order chi connectivity index (χ0) is 10.3. The molecule has 1 aromatic heterocycles. The number of hydrogen-bond acceptors (Lipinski definition) is 2. The maximum atomic E-state index is 4.56. The molecule has 0 unspecified atom stereocenters. The van der Waals surface area contributed by atoms with Gasteiger partial charge in [0, 0.05) is 12.8 Å². The molecule has 0 bridgehead atoms. The van der Waals surface area contributed by atoms with Gasteiger partial charge in [0.15, 0.2) is 0 Å². The first kappa shape index (κ1) is 9.90. The van der Waals surface area contributed by atoms with E-state index in [1.54, 1.807) is 0 Å². The van der Waals surface area contributed by atoms with Crippen molar-refractivity contribution in [2.75, 3.05) is 0 Å². The molecular formula is C10H14BrN3. The molecule has 0 spiro atoms. The van der Waals surface area contributed by atoms with Gasteiger partial charge in [0.25, 0.3) is 0 Å². The zero-order valence-electron chi connectivity index (χ0n) is 8.66. The second-order valence-corrected chi connectivity index (χ2v) is 5.48. The highest BCUT2D eigenvalue weighted by Gasteiger charge is 2.27. The van der Waals surface area contributed by atoms with Gasteiger partial charge in [-0.1, -0.05) is 20.8 Å². The maximum Gasteiger partial charge on any atom is 0.133 e. The number of aliphatic imine (C=N–C) groups is 1. The molecule has 0 saturated carbocycles. The first-order valence-electron chi connectivity index (χ1n) is 4.72. The van der Waals surface area contributed by atoms with Crippen LogP contribution in [0.4, 0.5) is 0 Å². The number of rotatable bonds is 0. The van der Waals surface area contributed by atoms with Crippen LogP contribution >= 0.6 is 15.9 Å². The van der Waals surface area contributed by atoms with Crippen LogP contribution in [0, 0.1) is 5.41 Å². The van der Waals surface area contributed by atoms with Gasteiger partial charge in [-0.25, -0.2) is 4.98 Å². The zero-order valence-corrected chi connectivity index (χ0v) is 10.2. The number of halogens is 1. The average Bonchev–Trinajstić information content (AvgIpc) is 2.46. The molecule has 0 saturated heterocycles. The van der Waals surface area contributed by atoms with E-state index >= 15 is 0 Å². The molecule has 0 fully saturated rings. The Kier molecular flexibility index (Phi) is 2.26. The molecule has 14 heavy (non-hydrogen) atoms. The molecule has 0 radical (unpaired) electrons. The SMILES string of the molecule is CC(C)(C)[C@@H]1Cn2cnc(Br)c2C=N1. The lowest BCUT2D eigenvalue weighted by Gasteiger charge is -2.30. The van der Waals surface area contributed by atoms with Crippen LogP contribution in [0.15, 0.2) is 15.9 Å². The summed E-state index contributed by atoms with van der Waals surface area (Å²) in [4.78, 5) is 8.76. The van der Waals surface area contributed by atoms with E-state index in [9.17, 15) is 0 Å². The molecule has 0 N–H and O–H groups in total. The molecule has 3 nitrogen and oxygen atoms in total. The Morgan fingerprint density at radius 3 is 2.86 bits per heavy atom. The van der Waals surface area contributed by atoms with E-state index in [0.29, 0.717) is 6.04 Å². The Morgan fingerprint density at radius 2 is 2.21 bits per heavy atom. The summed E-state index contributed by atoms with van der Waals surface area (Å²) in [5.41, 5.74) is 1.29. The second-order valence-electron chi connectivity index (χ2n) is 4.73. The minimum atomic E-state index is 0.213. The molecule has 2 rings (SSSR count). The Morgan fingerprint density at radius 1 is 1.50 bits per heavy atom. The van der Waals surface area contributed by atoms with Gasteiger partial charge in [-0.2, -0.15) is 0 Å². The number of imidazole rings is 1. The Balaban J connectivity index is 2.31. The standard InChI is InChI=1S/C10H14BrN3/c1-10(2,3)8-5-14-6-13-9(11)7(14)4-12-8/h4,6,8H,5H2,1-3H3/t8-/m0/s1. The predicted molar refractivity (Wildman–Crippen MR) is 60.8 cm³/mol. The second kappa shape index (κ2) is 3.19. The van der Waals surface area contributed by atoms with Crippen LogP contribution in [-0.4, -0.2) is 21.8 Å². The van der Waals surface area contributed by atoms with Crippen LogP contribution in [0.3, 0.4) is 0 Å². The number of fused-ring (bicyclic) bond motifs is 1. The van der Waals surface area contributed by atoms with E-state index in [-0.39, 0.29) is 5.41 Å². The van der Waals surface area contributed by atoms with Crippen molar-refractivity contribution < 1.29 is 0 Å². The van der Waals surface area contributed by atoms with Crippen molar-refractivity contribution in [2.45, 2.75) is 33.4 Å². The Hall–Kier alpha value is -0.640. The number of nitrogens with zero attached hydrogens (tertiary/aromatic N) is 3. The lowest BCUT2D eigenvalue weighted by Crippen LogP contribution is -2.32. The number of hydrogen-bond donors (Lipinski definition) is 0. The smallest absolute Gasteiger partial charge is 0.133 e. The van der Waals surface area contributed by atoms with E-state index in [0.717, 1.165) is 16.8 Å². The van der Waals surface area contributed by atoms with E-state index in [1.807, 2.05) is 12.5 Å². The van der Waals surface area contributed by atoms with Gasteiger partial charge in [-0.15, -0.1) is 0 Å². The summed E-state index contributed by atoms with van der Waals surface area (Å²) < 4.78 is 3.03. The number of aromatic nitrogens is 2. The Labute approximate surface area is 92.4 Å². The maximum absolute atomic E-state index is 4.56. The third kappa shape index (κ3) is 1.63. The van der Waals surface area contributed by atoms with Crippen molar-refractivity contribution in [3.63, 3.8) is 0 Å². The molecular weight excluding hydrogens is 242 g/mol. The fourth-order valence-corrected chi connectivity index (χ4v) is 1.95. The lowest BCUT2D eigenvalue weighted by atomic mass is 9.86. The third-order valence-corrected chi connectivity index (χ3v) is 3.19. The summed E-state index contributed by atoms with van der Waals surface area (Å²) in [7, 11) is 0. The summed E-state index contributed by atoms with van der Waals surface area (Å²) in [5.74, 6) is 0. The average molecular weight is 256 g/mol. The predicted octanol–water partition coefficient (Wildman–Crippen LogP) is 2.49. The highest BCUT2D eigenvalue weighted by atomic mass is 79.9. The molecule has 1 atom stereocenters. The van der Waals surface area contributed by atoms with Gasteiger partial charge in [-0.05, 0) is 21.3 Å². The third-order valence-electron chi connectivity index (χ3n) is 2.58. The van der Waals surface area contributed by atoms with Gasteiger partial charge >= 0.3 is 0 Å². The summed E-state index contributed by atoms with van der Waals surface area (Å²) in [6.07, 6.45) is 3.78. The first-order valence-corrected chi connectivity index (χ1v) is 5.51. The van der Waals surface area contributed by atoms with Crippen LogP contribution in [-0.2, 0) is 6.54 Å². The quantitative estimate of drug-likeness (QED) is 0.701. The molecule has 0 aromatic carbocycles. The minimum Gasteiger partial charge on any atom is -0.327 e. The van der Waals surface area contributed by atoms with Gasteiger partial charge in [0.2, 0.25) is 0 Å². The van der Waals surface area contributed by atoms with Crippen molar-refractivity contribution >= 4 is 22.1 Å². The van der Waals surface area contributed by atoms with Gasteiger partial charge in [0.1, 0.15) is 4.60 Å². The molecule has 1 aromatic rings. The highest BCUT2D eigenvalue weighted by Crippen LogP contribution is 2.27. The van der Waals surface area contributed by atoms with Gasteiger partial charge in [0.05, 0.1) is 18.1 Å². The normalized spacial score (nSPS) is 21.0. The molecule has 1 aliphatic heterocycles. The van der Waals surface area contributed by atoms with Crippen LogP contribution in [0.25, 0.3) is 0 Å². The largest absolute Gasteiger partial charge is 0.327 e. The van der Waals surface area contributed by atoms with Crippen molar-refractivity contribution in [2.24, 2.45) is 10.4 Å². The molecule has 76 valence electrons. The first-order chi connectivity index (χ1) is 6.48. The molecule has 2 heterocycles. The van der Waals surface area contributed by atoms with Gasteiger partial charge in [-0.3, -0.25) is 4.99 Å². The molecule has 0 amide bonds. The molecule has 4 heteroatoms. The fourth-order valence-electron chi connectivity index (χ4n) is 1.53. The van der Waals surface area contributed by atoms with Crippen molar-refractivity contribution in [3.05, 3.63) is 16.6 Å². The van der Waals surface area contributed by atoms with E-state index in [4.69, 9.17) is 0 Å². The minimum absolute atomic E-state index is 0.213. The summed E-state index contributed by atoms with van der Waals surface area (Å²) in [6, 6.07) is 0.344. The van der Waals surface area contributed by atoms with Gasteiger partial charge < -0.3 is 4.57 Å². The van der Waals surface area contributed by atoms with Crippen molar-refractivity contribution in [1.82, 2.24) is 9.55 Å². The lowest BCUT2D eigenvalue weighted by molar-refractivity contribution is 0.289. The summed E-state index contributed by atoms with van der Waals surface area (Å²) in [6.45, 7) is 7.57. The molecule has 1 aliphatic rings. The van der Waals surface area contributed by atoms with E-state index in [2.05, 4.69) is 51.2 Å². The topological polar surface area (TPSA) is 30.2 Å². The van der Waals surface area contributed by atoms with Crippen LogP contribution in [0.5, 0.6) is 0 Å².